The summed E-state index contributed by atoms with van der Waals surface area (Å²) in [7, 11) is 0. The van der Waals surface area contributed by atoms with Crippen molar-refractivity contribution in [2.45, 2.75) is 91.3 Å². The number of carbonyl (C=O) groups excluding carboxylic acids is 3. The van der Waals surface area contributed by atoms with Crippen molar-refractivity contribution in [1.29, 1.82) is 0 Å². The summed E-state index contributed by atoms with van der Waals surface area (Å²) in [5, 5.41) is 39.6. The minimum absolute atomic E-state index is 0. The average molecular weight is 677 g/mol. The van der Waals surface area contributed by atoms with Gasteiger partial charge in [-0.2, -0.15) is 0 Å². The number of aliphatic hydroxyl groups excluding tert-OH is 4. The van der Waals surface area contributed by atoms with Crippen LogP contribution in [0, 0.1) is 16.7 Å². The van der Waals surface area contributed by atoms with Crippen LogP contribution >= 0.6 is 24.8 Å². The highest BCUT2D eigenvalue weighted by Gasteiger charge is 2.36. The van der Waals surface area contributed by atoms with Gasteiger partial charge in [-0.1, -0.05) is 0 Å². The molecule has 0 atom stereocenters. The van der Waals surface area contributed by atoms with Crippen LogP contribution in [0.3, 0.4) is 0 Å². The molecule has 0 aliphatic carbocycles. The molecule has 0 bridgehead atoms. The van der Waals surface area contributed by atoms with Crippen molar-refractivity contribution >= 4 is 43.3 Å². The molecule has 262 valence electrons. The minimum atomic E-state index is -0.487. The predicted octanol–water partition coefficient (Wildman–Crippen LogP) is 3.01. The highest BCUT2D eigenvalue weighted by atomic mass is 35.5. The van der Waals surface area contributed by atoms with Crippen LogP contribution in [0.2, 0.25) is 0 Å². The van der Waals surface area contributed by atoms with Gasteiger partial charge in [0.25, 0.3) is 0 Å². The molecule has 3 fully saturated rings. The largest absolute Gasteiger partial charge is 0.444 e. The molecule has 0 unspecified atom stereocenters. The molecule has 5 N–H and O–H groups in total. The number of carbonyl (C=O) groups is 3. The highest BCUT2D eigenvalue weighted by Crippen LogP contribution is 2.31. The summed E-state index contributed by atoms with van der Waals surface area (Å²) >= 11 is 0. The Morgan fingerprint density at radius 3 is 1.34 bits per heavy atom. The van der Waals surface area contributed by atoms with Gasteiger partial charge in [0.15, 0.2) is 0 Å². The quantitative estimate of drug-likeness (QED) is 0.273. The number of nitrogens with zero attached hydrogens (tertiary/aromatic N) is 2. The Labute approximate surface area is 276 Å². The zero-order chi connectivity index (χ0) is 32.0. The molecule has 3 aliphatic heterocycles. The van der Waals surface area contributed by atoms with Gasteiger partial charge in [-0.15, -0.1) is 24.8 Å². The molecule has 0 radical (unpaired) electrons. The van der Waals surface area contributed by atoms with E-state index in [-0.39, 0.29) is 74.8 Å². The van der Waals surface area contributed by atoms with Crippen molar-refractivity contribution in [2.24, 2.45) is 16.7 Å². The fourth-order valence-corrected chi connectivity index (χ4v) is 4.72. The van der Waals surface area contributed by atoms with Crippen molar-refractivity contribution in [3.05, 3.63) is 0 Å². The van der Waals surface area contributed by atoms with Crippen molar-refractivity contribution in [1.82, 2.24) is 15.1 Å². The van der Waals surface area contributed by atoms with E-state index >= 15 is 0 Å². The minimum Gasteiger partial charge on any atom is -0.444 e. The maximum Gasteiger partial charge on any atom is 0.410 e. The van der Waals surface area contributed by atoms with E-state index in [1.807, 2.05) is 41.5 Å². The third kappa shape index (κ3) is 16.2. The molecular formula is C30H59Cl2N3O9. The summed E-state index contributed by atoms with van der Waals surface area (Å²) < 4.78 is 10.5. The normalized spacial score (nSPS) is 19.8. The Morgan fingerprint density at radius 1 is 0.705 bits per heavy atom. The topological polar surface area (TPSA) is 169 Å². The van der Waals surface area contributed by atoms with Gasteiger partial charge in [0.2, 0.25) is 0 Å². The fourth-order valence-electron chi connectivity index (χ4n) is 4.72. The van der Waals surface area contributed by atoms with Crippen LogP contribution in [0.4, 0.5) is 9.59 Å². The van der Waals surface area contributed by atoms with E-state index in [1.165, 1.54) is 0 Å². The second kappa shape index (κ2) is 20.7. The number of ether oxygens (including phenoxy) is 2. The Bertz CT molecular complexity index is 804. The number of aldehydes is 1. The van der Waals surface area contributed by atoms with Crippen molar-refractivity contribution in [2.75, 3.05) is 65.7 Å². The lowest BCUT2D eigenvalue weighted by Gasteiger charge is -2.39. The molecule has 0 saturated carbocycles. The van der Waals surface area contributed by atoms with Gasteiger partial charge < -0.3 is 49.8 Å². The van der Waals surface area contributed by atoms with E-state index < -0.39 is 16.6 Å². The summed E-state index contributed by atoms with van der Waals surface area (Å²) in [6, 6.07) is 0. The third-order valence-electron chi connectivity index (χ3n) is 7.87. The molecule has 3 heterocycles. The van der Waals surface area contributed by atoms with Crippen LogP contribution in [-0.2, 0) is 14.3 Å². The standard InChI is InChI=1S/C12H23NO4.C11H19NO3.C7H15NO2.2ClH/c1-11(2,3)17-10(16)13-6-4-12(8-14,9-15)5-7-13;1-11(2,3)15-10(14)12-6-4-9(8-13)5-7-12;9-5-7(6-10)1-3-8-4-2-7;;/h14-15H,4-9H2,1-3H3;8-9H,4-7H2,1-3H3;8-10H,1-6H2;2*1H. The van der Waals surface area contributed by atoms with E-state index in [2.05, 4.69) is 5.32 Å². The molecule has 2 amide bonds. The smallest absolute Gasteiger partial charge is 0.410 e. The zero-order valence-electron chi connectivity index (χ0n) is 27.5. The number of aliphatic hydroxyl groups is 4. The second-order valence-corrected chi connectivity index (χ2v) is 13.8. The van der Waals surface area contributed by atoms with E-state index in [4.69, 9.17) is 19.7 Å². The van der Waals surface area contributed by atoms with Gasteiger partial charge in [-0.3, -0.25) is 0 Å². The number of likely N-dealkylation sites (tertiary alicyclic amines) is 2. The first-order valence-corrected chi connectivity index (χ1v) is 15.1. The van der Waals surface area contributed by atoms with E-state index in [0.29, 0.717) is 39.0 Å². The molecule has 3 aliphatic rings. The SMILES string of the molecule is CC(C)(C)OC(=O)N1CCC(C=O)CC1.CC(C)(C)OC(=O)N1CCC(CO)(CO)CC1.Cl.Cl.OCC1(CO)CCNCC1. The van der Waals surface area contributed by atoms with Crippen LogP contribution in [0.25, 0.3) is 0 Å². The molecular weight excluding hydrogens is 617 g/mol. The number of hydrogen-bond donors (Lipinski definition) is 5. The number of piperidine rings is 3. The third-order valence-corrected chi connectivity index (χ3v) is 7.87. The van der Waals surface area contributed by atoms with Gasteiger partial charge in [-0.25, -0.2) is 9.59 Å². The maximum atomic E-state index is 11.8. The van der Waals surface area contributed by atoms with E-state index in [1.54, 1.807) is 9.80 Å². The molecule has 0 spiro atoms. The van der Waals surface area contributed by atoms with Gasteiger partial charge >= 0.3 is 12.2 Å². The Hall–Kier alpha value is -1.41. The maximum absolute atomic E-state index is 11.8. The molecule has 0 aromatic rings. The summed E-state index contributed by atoms with van der Waals surface area (Å²) in [5.41, 5.74) is -1.55. The van der Waals surface area contributed by atoms with Crippen LogP contribution in [0.5, 0.6) is 0 Å². The number of amides is 2. The Kier molecular flexibility index (Phi) is 21.0. The monoisotopic (exact) mass is 675 g/mol. The van der Waals surface area contributed by atoms with Crippen LogP contribution < -0.4 is 5.32 Å². The lowest BCUT2D eigenvalue weighted by molar-refractivity contribution is -0.112. The number of rotatable bonds is 5. The molecule has 12 nitrogen and oxygen atoms in total. The first-order chi connectivity index (χ1) is 19.6. The zero-order valence-corrected chi connectivity index (χ0v) is 29.1. The molecule has 3 saturated heterocycles. The summed E-state index contributed by atoms with van der Waals surface area (Å²) in [5.74, 6) is 0.115. The van der Waals surface area contributed by atoms with Gasteiger partial charge in [0.1, 0.15) is 17.5 Å². The van der Waals surface area contributed by atoms with Crippen molar-refractivity contribution in [3.8, 4) is 0 Å². The molecule has 44 heavy (non-hydrogen) atoms. The average Bonchev–Trinajstić information content (AvgIpc) is 2.96. The van der Waals surface area contributed by atoms with Gasteiger partial charge in [-0.05, 0) is 93.2 Å². The first kappa shape index (κ1) is 44.7. The van der Waals surface area contributed by atoms with Crippen molar-refractivity contribution in [3.63, 3.8) is 0 Å². The van der Waals surface area contributed by atoms with Crippen LogP contribution in [0.1, 0.15) is 80.1 Å². The van der Waals surface area contributed by atoms with E-state index in [9.17, 15) is 24.6 Å². The van der Waals surface area contributed by atoms with Crippen LogP contribution in [-0.4, -0.2) is 126 Å². The van der Waals surface area contributed by atoms with Crippen molar-refractivity contribution < 1.29 is 44.3 Å². The number of nitrogens with one attached hydrogen (secondary N) is 1. The molecule has 3 rings (SSSR count). The molecule has 0 aromatic heterocycles. The summed E-state index contributed by atoms with van der Waals surface area (Å²) in [6.45, 7) is 15.3. The molecule has 0 aromatic carbocycles. The lowest BCUT2D eigenvalue weighted by atomic mass is 9.80. The summed E-state index contributed by atoms with van der Waals surface area (Å²) in [4.78, 5) is 37.2. The van der Waals surface area contributed by atoms with E-state index in [0.717, 1.165) is 45.1 Å². The van der Waals surface area contributed by atoms with Gasteiger partial charge in [0.05, 0.1) is 26.4 Å². The predicted molar refractivity (Wildman–Crippen MR) is 173 cm³/mol. The summed E-state index contributed by atoms with van der Waals surface area (Å²) in [6.07, 6.45) is 4.89. The number of hydrogen-bond acceptors (Lipinski definition) is 10. The highest BCUT2D eigenvalue weighted by molar-refractivity contribution is 5.85. The lowest BCUT2D eigenvalue weighted by Crippen LogP contribution is -2.47. The number of halogens is 2. The first-order valence-electron chi connectivity index (χ1n) is 15.1. The second-order valence-electron chi connectivity index (χ2n) is 13.8. The van der Waals surface area contributed by atoms with Gasteiger partial charge in [0, 0.05) is 42.9 Å². The fraction of sp³-hybridized carbons (Fsp3) is 0.900. The Balaban J connectivity index is 0. The van der Waals surface area contributed by atoms with Crippen LogP contribution in [0.15, 0.2) is 0 Å². The molecule has 14 heteroatoms. The Morgan fingerprint density at radius 2 is 1.05 bits per heavy atom.